The first-order valence-corrected chi connectivity index (χ1v) is 20.6. The maximum Gasteiger partial charge on any atom is 0.0541 e. The summed E-state index contributed by atoms with van der Waals surface area (Å²) in [5.74, 6) is 0. The molecular weight excluding hydrogens is 725 g/mol. The SMILES string of the molecule is c1ccc(-c2cc(-c3ccccc3-n3c4ccccc4c4ccccc43)ccc2N(c2ccccc2)c2ccc(-c3cccc(-c4ccc5ccccc5c4)c3)cc2)cc1. The maximum absolute atomic E-state index is 2.42. The van der Waals surface area contributed by atoms with Crippen LogP contribution in [-0.2, 0) is 0 Å². The van der Waals surface area contributed by atoms with E-state index >= 15 is 0 Å². The Balaban J connectivity index is 1.03. The molecule has 60 heavy (non-hydrogen) atoms. The molecule has 0 amide bonds. The van der Waals surface area contributed by atoms with Crippen molar-refractivity contribution in [2.45, 2.75) is 0 Å². The van der Waals surface area contributed by atoms with Crippen LogP contribution in [0.2, 0.25) is 0 Å². The first-order chi connectivity index (χ1) is 29.8. The van der Waals surface area contributed by atoms with E-state index in [0.717, 1.165) is 39.4 Å². The summed E-state index contributed by atoms with van der Waals surface area (Å²) in [4.78, 5) is 2.39. The van der Waals surface area contributed by atoms with Crippen molar-refractivity contribution in [1.82, 2.24) is 4.57 Å². The lowest BCUT2D eigenvalue weighted by Gasteiger charge is -2.28. The molecule has 2 heteroatoms. The van der Waals surface area contributed by atoms with E-state index in [-0.39, 0.29) is 0 Å². The number of nitrogens with zero attached hydrogens (tertiary/aromatic N) is 2. The van der Waals surface area contributed by atoms with Gasteiger partial charge >= 0.3 is 0 Å². The number of aromatic nitrogens is 1. The van der Waals surface area contributed by atoms with Crippen molar-refractivity contribution in [3.8, 4) is 50.2 Å². The first-order valence-electron chi connectivity index (χ1n) is 20.6. The zero-order chi connectivity index (χ0) is 39.8. The summed E-state index contributed by atoms with van der Waals surface area (Å²) in [7, 11) is 0. The zero-order valence-corrected chi connectivity index (χ0v) is 33.0. The maximum atomic E-state index is 2.42. The van der Waals surface area contributed by atoms with Gasteiger partial charge in [-0.25, -0.2) is 0 Å². The van der Waals surface area contributed by atoms with Crippen molar-refractivity contribution in [1.29, 1.82) is 0 Å². The Kier molecular flexibility index (Phi) is 8.87. The summed E-state index contributed by atoms with van der Waals surface area (Å²) < 4.78 is 2.42. The molecule has 0 aliphatic heterocycles. The number of rotatable bonds is 8. The fourth-order valence-corrected chi connectivity index (χ4v) is 8.90. The van der Waals surface area contributed by atoms with Crippen LogP contribution < -0.4 is 4.90 Å². The lowest BCUT2D eigenvalue weighted by atomic mass is 9.95. The van der Waals surface area contributed by atoms with Crippen LogP contribution in [0.5, 0.6) is 0 Å². The van der Waals surface area contributed by atoms with Gasteiger partial charge in [-0.2, -0.15) is 0 Å². The molecule has 0 bridgehead atoms. The summed E-state index contributed by atoms with van der Waals surface area (Å²) >= 11 is 0. The second kappa shape index (κ2) is 15.1. The fraction of sp³-hybridized carbons (Fsp3) is 0. The number of hydrogen-bond acceptors (Lipinski definition) is 1. The highest BCUT2D eigenvalue weighted by Crippen LogP contribution is 2.44. The van der Waals surface area contributed by atoms with Crippen molar-refractivity contribution in [2.24, 2.45) is 0 Å². The van der Waals surface area contributed by atoms with Crippen LogP contribution >= 0.6 is 0 Å². The van der Waals surface area contributed by atoms with E-state index in [1.54, 1.807) is 0 Å². The molecule has 10 aromatic carbocycles. The molecule has 0 saturated heterocycles. The van der Waals surface area contributed by atoms with Crippen molar-refractivity contribution in [3.63, 3.8) is 0 Å². The lowest BCUT2D eigenvalue weighted by molar-refractivity contribution is 1.18. The average Bonchev–Trinajstić information content (AvgIpc) is 3.67. The number of fused-ring (bicyclic) bond motifs is 4. The highest BCUT2D eigenvalue weighted by atomic mass is 15.1. The predicted octanol–water partition coefficient (Wildman–Crippen LogP) is 16.1. The second-order valence-corrected chi connectivity index (χ2v) is 15.3. The molecule has 0 aliphatic rings. The Bertz CT molecular complexity index is 3250. The summed E-state index contributed by atoms with van der Waals surface area (Å²) in [6, 6.07) is 87.9. The highest BCUT2D eigenvalue weighted by Gasteiger charge is 2.20. The Hall–Kier alpha value is -7.94. The number of hydrogen-bond donors (Lipinski definition) is 0. The summed E-state index contributed by atoms with van der Waals surface area (Å²) in [6.45, 7) is 0. The Morgan fingerprint density at radius 1 is 0.283 bits per heavy atom. The third kappa shape index (κ3) is 6.32. The molecule has 0 aliphatic carbocycles. The van der Waals surface area contributed by atoms with Gasteiger partial charge < -0.3 is 9.47 Å². The molecule has 11 rings (SSSR count). The third-order valence-corrected chi connectivity index (χ3v) is 11.8. The van der Waals surface area contributed by atoms with E-state index < -0.39 is 0 Å². The van der Waals surface area contributed by atoms with Crippen LogP contribution in [0.4, 0.5) is 17.1 Å². The van der Waals surface area contributed by atoms with E-state index in [9.17, 15) is 0 Å². The monoisotopic (exact) mass is 764 g/mol. The zero-order valence-electron chi connectivity index (χ0n) is 33.0. The summed E-state index contributed by atoms with van der Waals surface area (Å²) in [5.41, 5.74) is 16.3. The van der Waals surface area contributed by atoms with Crippen LogP contribution in [0.15, 0.2) is 243 Å². The molecule has 0 N–H and O–H groups in total. The lowest BCUT2D eigenvalue weighted by Crippen LogP contribution is -2.11. The van der Waals surface area contributed by atoms with Crippen molar-refractivity contribution < 1.29 is 0 Å². The van der Waals surface area contributed by atoms with Gasteiger partial charge in [0.15, 0.2) is 0 Å². The molecule has 0 fully saturated rings. The van der Waals surface area contributed by atoms with E-state index in [4.69, 9.17) is 0 Å². The summed E-state index contributed by atoms with van der Waals surface area (Å²) in [6.07, 6.45) is 0. The van der Waals surface area contributed by atoms with Crippen LogP contribution in [0.25, 0.3) is 82.8 Å². The normalized spacial score (nSPS) is 11.3. The molecule has 0 atom stereocenters. The van der Waals surface area contributed by atoms with Gasteiger partial charge in [0.1, 0.15) is 0 Å². The summed E-state index contributed by atoms with van der Waals surface area (Å²) in [5, 5.41) is 5.02. The standard InChI is InChI=1S/C58H40N2/c1-3-17-43(18-4-1)54-40-48(51-24-9-12-27-55(51)60-56-28-13-10-25-52(56)53-26-11-14-29-57(53)60)34-37-58(54)59(49-22-5-2-6-23-49)50-35-32-42(33-36-50)45-20-15-21-46(38-45)47-31-30-41-16-7-8-19-44(41)39-47/h1-40H. The van der Waals surface area contributed by atoms with Gasteiger partial charge in [-0.1, -0.05) is 176 Å². The van der Waals surface area contributed by atoms with Crippen molar-refractivity contribution in [3.05, 3.63) is 243 Å². The third-order valence-electron chi connectivity index (χ3n) is 11.8. The van der Waals surface area contributed by atoms with E-state index in [1.165, 1.54) is 60.4 Å². The van der Waals surface area contributed by atoms with Gasteiger partial charge in [0.2, 0.25) is 0 Å². The van der Waals surface area contributed by atoms with Crippen LogP contribution in [0.3, 0.4) is 0 Å². The number of benzene rings is 10. The van der Waals surface area contributed by atoms with Gasteiger partial charge in [0, 0.05) is 33.3 Å². The van der Waals surface area contributed by atoms with E-state index in [1.807, 2.05) is 0 Å². The molecule has 0 saturated carbocycles. The number of para-hydroxylation sites is 4. The molecule has 11 aromatic rings. The van der Waals surface area contributed by atoms with Crippen molar-refractivity contribution in [2.75, 3.05) is 4.90 Å². The fourth-order valence-electron chi connectivity index (χ4n) is 8.90. The van der Waals surface area contributed by atoms with Gasteiger partial charge in [-0.05, 0) is 111 Å². The molecule has 1 aromatic heterocycles. The second-order valence-electron chi connectivity index (χ2n) is 15.3. The average molecular weight is 765 g/mol. The molecule has 1 heterocycles. The van der Waals surface area contributed by atoms with Gasteiger partial charge in [0.25, 0.3) is 0 Å². The molecule has 0 spiro atoms. The minimum absolute atomic E-state index is 1.09. The smallest absolute Gasteiger partial charge is 0.0541 e. The molecule has 2 nitrogen and oxygen atoms in total. The van der Waals surface area contributed by atoms with Crippen molar-refractivity contribution >= 4 is 49.6 Å². The van der Waals surface area contributed by atoms with Crippen LogP contribution in [-0.4, -0.2) is 4.57 Å². The molecule has 0 unspecified atom stereocenters. The Morgan fingerprint density at radius 3 is 1.57 bits per heavy atom. The topological polar surface area (TPSA) is 8.17 Å². The minimum atomic E-state index is 1.09. The van der Waals surface area contributed by atoms with Crippen LogP contribution in [0.1, 0.15) is 0 Å². The first kappa shape index (κ1) is 35.2. The van der Waals surface area contributed by atoms with E-state index in [0.29, 0.717) is 0 Å². The quantitative estimate of drug-likeness (QED) is 0.150. The van der Waals surface area contributed by atoms with Gasteiger partial charge in [0.05, 0.1) is 22.4 Å². The van der Waals surface area contributed by atoms with Gasteiger partial charge in [-0.3, -0.25) is 0 Å². The molecule has 282 valence electrons. The Morgan fingerprint density at radius 2 is 0.817 bits per heavy atom. The highest BCUT2D eigenvalue weighted by molar-refractivity contribution is 6.10. The number of anilines is 3. The largest absolute Gasteiger partial charge is 0.310 e. The minimum Gasteiger partial charge on any atom is -0.310 e. The molecule has 0 radical (unpaired) electrons. The van der Waals surface area contributed by atoms with Crippen LogP contribution in [0, 0.1) is 0 Å². The van der Waals surface area contributed by atoms with Gasteiger partial charge in [-0.15, -0.1) is 0 Å². The predicted molar refractivity (Wildman–Crippen MR) is 255 cm³/mol. The molecular formula is C58H40N2. The van der Waals surface area contributed by atoms with E-state index in [2.05, 4.69) is 252 Å². The Labute approximate surface area is 350 Å².